The Balaban J connectivity index is 2.15. The molecule has 1 saturated heterocycles. The Bertz CT molecular complexity index is 1000. The monoisotopic (exact) mass is 441 g/mol. The Morgan fingerprint density at radius 1 is 1.23 bits per heavy atom. The number of carbonyl (C=O) groups is 2. The Labute approximate surface area is 188 Å². The molecular formula is C25H31NO4S. The minimum atomic E-state index is -0.617. The second kappa shape index (κ2) is 9.69. The van der Waals surface area contributed by atoms with Gasteiger partial charge in [-0.1, -0.05) is 33.6 Å². The van der Waals surface area contributed by atoms with E-state index in [9.17, 15) is 14.7 Å². The summed E-state index contributed by atoms with van der Waals surface area (Å²) in [5.74, 6) is -0.368. The minimum absolute atomic E-state index is 0.126. The van der Waals surface area contributed by atoms with Crippen molar-refractivity contribution in [3.63, 3.8) is 0 Å². The van der Waals surface area contributed by atoms with Crippen molar-refractivity contribution in [1.29, 1.82) is 0 Å². The quantitative estimate of drug-likeness (QED) is 0.243. The number of thiophene rings is 1. The van der Waals surface area contributed by atoms with Crippen LogP contribution in [0.15, 0.2) is 35.2 Å². The third-order valence-corrected chi connectivity index (χ3v) is 6.89. The Morgan fingerprint density at radius 2 is 1.97 bits per heavy atom. The number of benzene rings is 1. The number of Topliss-reactive ketones (excluding diaryl/α,β-unsaturated/α-hetero) is 1. The number of amides is 1. The number of rotatable bonds is 8. The third-order valence-electron chi connectivity index (χ3n) is 5.82. The fourth-order valence-corrected chi connectivity index (χ4v) is 5.11. The molecule has 1 unspecified atom stereocenters. The summed E-state index contributed by atoms with van der Waals surface area (Å²) in [7, 11) is 1.61. The van der Waals surface area contributed by atoms with Gasteiger partial charge in [-0.25, -0.2) is 0 Å². The highest BCUT2D eigenvalue weighted by Gasteiger charge is 2.46. The Morgan fingerprint density at radius 3 is 2.55 bits per heavy atom. The summed E-state index contributed by atoms with van der Waals surface area (Å²) in [4.78, 5) is 28.6. The summed E-state index contributed by atoms with van der Waals surface area (Å²) in [5.41, 5.74) is 2.65. The van der Waals surface area contributed by atoms with Crippen molar-refractivity contribution < 1.29 is 19.4 Å². The van der Waals surface area contributed by atoms with Crippen molar-refractivity contribution in [2.24, 2.45) is 0 Å². The molecule has 1 atom stereocenters. The SMILES string of the molecule is CCCCCN1C(=O)C(=O)/C(=C(\O)c2ccc(OC)c(C(C)C)c2)C1c1sccc1C. The Hall–Kier alpha value is -2.60. The van der Waals surface area contributed by atoms with Crippen LogP contribution < -0.4 is 4.74 Å². The lowest BCUT2D eigenvalue weighted by Crippen LogP contribution is -2.30. The van der Waals surface area contributed by atoms with Crippen LogP contribution in [0, 0.1) is 6.92 Å². The molecule has 0 radical (unpaired) electrons. The van der Waals surface area contributed by atoms with Gasteiger partial charge in [0.05, 0.1) is 18.7 Å². The lowest BCUT2D eigenvalue weighted by Gasteiger charge is -2.25. The van der Waals surface area contributed by atoms with Gasteiger partial charge < -0.3 is 14.7 Å². The molecule has 2 heterocycles. The highest BCUT2D eigenvalue weighted by atomic mass is 32.1. The number of hydrogen-bond donors (Lipinski definition) is 1. The molecule has 1 fully saturated rings. The second-order valence-corrected chi connectivity index (χ2v) is 9.23. The first-order chi connectivity index (χ1) is 14.8. The first-order valence-corrected chi connectivity index (χ1v) is 11.7. The number of hydrogen-bond acceptors (Lipinski definition) is 5. The van der Waals surface area contributed by atoms with Gasteiger partial charge in [0.1, 0.15) is 11.5 Å². The average Bonchev–Trinajstić information content (AvgIpc) is 3.28. The van der Waals surface area contributed by atoms with E-state index < -0.39 is 17.7 Å². The predicted octanol–water partition coefficient (Wildman–Crippen LogP) is 5.80. The van der Waals surface area contributed by atoms with Crippen LogP contribution >= 0.6 is 11.3 Å². The number of aryl methyl sites for hydroxylation is 1. The third kappa shape index (κ3) is 4.40. The fourth-order valence-electron chi connectivity index (χ4n) is 4.07. The molecule has 1 aromatic carbocycles. The van der Waals surface area contributed by atoms with E-state index in [4.69, 9.17) is 4.74 Å². The molecule has 1 aliphatic rings. The number of aliphatic hydroxyl groups is 1. The molecule has 1 amide bonds. The number of ketones is 1. The molecule has 1 N–H and O–H groups in total. The Kier molecular flexibility index (Phi) is 7.21. The molecule has 2 aromatic rings. The van der Waals surface area contributed by atoms with Crippen molar-refractivity contribution in [2.75, 3.05) is 13.7 Å². The van der Waals surface area contributed by atoms with Gasteiger partial charge >= 0.3 is 0 Å². The first-order valence-electron chi connectivity index (χ1n) is 10.8. The van der Waals surface area contributed by atoms with Crippen LogP contribution in [0.3, 0.4) is 0 Å². The first kappa shape index (κ1) is 23.1. The number of methoxy groups -OCH3 is 1. The predicted molar refractivity (Wildman–Crippen MR) is 125 cm³/mol. The van der Waals surface area contributed by atoms with Gasteiger partial charge in [-0.2, -0.15) is 0 Å². The molecule has 5 nitrogen and oxygen atoms in total. The number of ether oxygens (including phenoxy) is 1. The van der Waals surface area contributed by atoms with Crippen LogP contribution in [0.2, 0.25) is 0 Å². The van der Waals surface area contributed by atoms with Crippen molar-refractivity contribution in [1.82, 2.24) is 4.90 Å². The summed E-state index contributed by atoms with van der Waals surface area (Å²) in [5, 5.41) is 13.2. The largest absolute Gasteiger partial charge is 0.507 e. The molecule has 166 valence electrons. The summed E-state index contributed by atoms with van der Waals surface area (Å²) in [6.45, 7) is 8.66. The van der Waals surface area contributed by atoms with Crippen molar-refractivity contribution >= 4 is 28.8 Å². The van der Waals surface area contributed by atoms with E-state index in [0.29, 0.717) is 12.1 Å². The molecule has 0 bridgehead atoms. The maximum absolute atomic E-state index is 13.1. The molecule has 1 aliphatic heterocycles. The minimum Gasteiger partial charge on any atom is -0.507 e. The molecule has 0 saturated carbocycles. The number of aliphatic hydroxyl groups excluding tert-OH is 1. The standard InChI is InChI=1S/C25H31NO4S/c1-6-7-8-12-26-21(24-16(4)11-13-31-24)20(23(28)25(26)29)22(27)17-9-10-19(30-5)18(14-17)15(2)3/h9-11,13-15,21,27H,6-8,12H2,1-5H3/b22-20-. The van der Waals surface area contributed by atoms with Gasteiger partial charge in [0, 0.05) is 17.0 Å². The van der Waals surface area contributed by atoms with E-state index in [2.05, 4.69) is 6.92 Å². The summed E-state index contributed by atoms with van der Waals surface area (Å²) in [6.07, 6.45) is 2.83. The maximum atomic E-state index is 13.1. The average molecular weight is 442 g/mol. The van der Waals surface area contributed by atoms with Gasteiger partial charge in [0.25, 0.3) is 11.7 Å². The van der Waals surface area contributed by atoms with E-state index in [1.54, 1.807) is 24.1 Å². The van der Waals surface area contributed by atoms with Crippen LogP contribution in [-0.2, 0) is 9.59 Å². The van der Waals surface area contributed by atoms with Crippen LogP contribution in [0.5, 0.6) is 5.75 Å². The van der Waals surface area contributed by atoms with Crippen molar-refractivity contribution in [3.8, 4) is 5.75 Å². The van der Waals surface area contributed by atoms with Crippen LogP contribution in [-0.4, -0.2) is 35.4 Å². The van der Waals surface area contributed by atoms with Gasteiger partial charge in [-0.3, -0.25) is 9.59 Å². The van der Waals surface area contributed by atoms with Crippen LogP contribution in [0.1, 0.15) is 73.6 Å². The van der Waals surface area contributed by atoms with E-state index in [1.165, 1.54) is 11.3 Å². The maximum Gasteiger partial charge on any atom is 0.295 e. The summed E-state index contributed by atoms with van der Waals surface area (Å²) < 4.78 is 5.45. The number of carbonyl (C=O) groups excluding carboxylic acids is 2. The molecule has 31 heavy (non-hydrogen) atoms. The zero-order chi connectivity index (χ0) is 22.7. The number of likely N-dealkylation sites (tertiary alicyclic amines) is 1. The lowest BCUT2D eigenvalue weighted by atomic mass is 9.94. The highest BCUT2D eigenvalue weighted by Crippen LogP contribution is 2.43. The molecule has 1 aromatic heterocycles. The molecular weight excluding hydrogens is 410 g/mol. The van der Waals surface area contributed by atoms with Gasteiger partial charge in [-0.05, 0) is 60.0 Å². The highest BCUT2D eigenvalue weighted by molar-refractivity contribution is 7.10. The van der Waals surface area contributed by atoms with Gasteiger partial charge in [0.15, 0.2) is 0 Å². The molecule has 3 rings (SSSR count). The zero-order valence-corrected chi connectivity index (χ0v) is 19.7. The normalized spacial score (nSPS) is 18.3. The van der Waals surface area contributed by atoms with Crippen molar-refractivity contribution in [2.45, 2.75) is 58.9 Å². The zero-order valence-electron chi connectivity index (χ0n) is 18.9. The van der Waals surface area contributed by atoms with Crippen LogP contribution in [0.25, 0.3) is 5.76 Å². The van der Waals surface area contributed by atoms with Gasteiger partial charge in [0.2, 0.25) is 0 Å². The summed E-state index contributed by atoms with van der Waals surface area (Å²) >= 11 is 1.51. The van der Waals surface area contributed by atoms with Crippen LogP contribution in [0.4, 0.5) is 0 Å². The molecule has 0 spiro atoms. The smallest absolute Gasteiger partial charge is 0.295 e. The number of unbranched alkanes of at least 4 members (excludes halogenated alkanes) is 2. The fraction of sp³-hybridized carbons (Fsp3) is 0.440. The second-order valence-electron chi connectivity index (χ2n) is 8.28. The topological polar surface area (TPSA) is 66.8 Å². The van der Waals surface area contributed by atoms with E-state index in [-0.39, 0.29) is 17.3 Å². The van der Waals surface area contributed by atoms with E-state index in [0.717, 1.165) is 41.0 Å². The molecule has 6 heteroatoms. The lowest BCUT2D eigenvalue weighted by molar-refractivity contribution is -0.139. The van der Waals surface area contributed by atoms with E-state index in [1.807, 2.05) is 38.3 Å². The summed E-state index contributed by atoms with van der Waals surface area (Å²) in [6, 6.07) is 6.81. The number of nitrogens with zero attached hydrogens (tertiary/aromatic N) is 1. The molecule has 0 aliphatic carbocycles. The van der Waals surface area contributed by atoms with E-state index >= 15 is 0 Å². The van der Waals surface area contributed by atoms with Gasteiger partial charge in [-0.15, -0.1) is 11.3 Å². The van der Waals surface area contributed by atoms with Crippen molar-refractivity contribution in [3.05, 3.63) is 56.8 Å².